The lowest BCUT2D eigenvalue weighted by atomic mass is 10.2. The summed E-state index contributed by atoms with van der Waals surface area (Å²) < 4.78 is 5.45. The zero-order valence-electron chi connectivity index (χ0n) is 8.64. The molecule has 1 amide bonds. The van der Waals surface area contributed by atoms with E-state index in [1.165, 1.54) is 0 Å². The molecule has 0 bridgehead atoms. The molecule has 1 unspecified atom stereocenters. The van der Waals surface area contributed by atoms with Crippen LogP contribution in [0.2, 0.25) is 0 Å². The molecular weight excluding hydrogens is 192 g/mol. The van der Waals surface area contributed by atoms with Crippen molar-refractivity contribution in [1.29, 1.82) is 0 Å². The maximum absolute atomic E-state index is 11.8. The Labute approximate surface area is 88.6 Å². The summed E-state index contributed by atoms with van der Waals surface area (Å²) in [6, 6.07) is 7.02. The van der Waals surface area contributed by atoms with Gasteiger partial charge in [0.25, 0.3) is 0 Å². The van der Waals surface area contributed by atoms with E-state index in [2.05, 4.69) is 0 Å². The van der Waals surface area contributed by atoms with E-state index in [1.54, 1.807) is 11.8 Å². The summed E-state index contributed by atoms with van der Waals surface area (Å²) in [5.74, 6) is 0.684. The number of hydrogen-bond acceptors (Lipinski definition) is 3. The molecule has 2 rings (SSSR count). The molecule has 1 aliphatic rings. The number of nitrogens with two attached hydrogens (primary N) is 1. The zero-order valence-corrected chi connectivity index (χ0v) is 8.64. The summed E-state index contributed by atoms with van der Waals surface area (Å²) >= 11 is 0. The van der Waals surface area contributed by atoms with Crippen molar-refractivity contribution in [3.63, 3.8) is 0 Å². The number of fused-ring (bicyclic) bond motifs is 1. The second-order valence-corrected chi connectivity index (χ2v) is 3.59. The fourth-order valence-electron chi connectivity index (χ4n) is 1.64. The van der Waals surface area contributed by atoms with Gasteiger partial charge in [0.2, 0.25) is 5.91 Å². The molecule has 1 heterocycles. The van der Waals surface area contributed by atoms with Crippen molar-refractivity contribution in [1.82, 2.24) is 0 Å². The second kappa shape index (κ2) is 3.90. The average molecular weight is 206 g/mol. The number of para-hydroxylation sites is 2. The van der Waals surface area contributed by atoms with Crippen LogP contribution in [0, 0.1) is 0 Å². The van der Waals surface area contributed by atoms with Gasteiger partial charge in [-0.3, -0.25) is 4.79 Å². The van der Waals surface area contributed by atoms with Gasteiger partial charge in [-0.2, -0.15) is 0 Å². The highest BCUT2D eigenvalue weighted by molar-refractivity contribution is 5.98. The fourth-order valence-corrected chi connectivity index (χ4v) is 1.64. The van der Waals surface area contributed by atoms with Gasteiger partial charge < -0.3 is 15.4 Å². The minimum absolute atomic E-state index is 0.0641. The highest BCUT2D eigenvalue weighted by atomic mass is 16.5. The van der Waals surface area contributed by atoms with Crippen molar-refractivity contribution in [2.24, 2.45) is 5.73 Å². The van der Waals surface area contributed by atoms with Crippen LogP contribution >= 0.6 is 0 Å². The second-order valence-electron chi connectivity index (χ2n) is 3.59. The van der Waals surface area contributed by atoms with Crippen molar-refractivity contribution in [2.75, 3.05) is 18.1 Å². The zero-order chi connectivity index (χ0) is 10.8. The largest absolute Gasteiger partial charge is 0.490 e. The van der Waals surface area contributed by atoms with Gasteiger partial charge in [-0.05, 0) is 19.1 Å². The van der Waals surface area contributed by atoms with E-state index in [9.17, 15) is 4.79 Å². The normalized spacial score (nSPS) is 16.5. The van der Waals surface area contributed by atoms with E-state index < -0.39 is 6.04 Å². The number of hydrogen-bond donors (Lipinski definition) is 1. The topological polar surface area (TPSA) is 55.6 Å². The van der Waals surface area contributed by atoms with Gasteiger partial charge in [0.1, 0.15) is 12.4 Å². The number of rotatable bonds is 1. The molecule has 4 heteroatoms. The molecule has 0 fully saturated rings. The summed E-state index contributed by atoms with van der Waals surface area (Å²) in [7, 11) is 0. The molecule has 1 aromatic carbocycles. The number of carbonyl (C=O) groups excluding carboxylic acids is 1. The van der Waals surface area contributed by atoms with E-state index in [1.807, 2.05) is 24.3 Å². The molecule has 0 aromatic heterocycles. The van der Waals surface area contributed by atoms with Crippen molar-refractivity contribution in [3.8, 4) is 5.75 Å². The Bertz CT molecular complexity index is 377. The lowest BCUT2D eigenvalue weighted by Gasteiger charge is -2.30. The summed E-state index contributed by atoms with van der Waals surface area (Å²) in [6.07, 6.45) is 0. The third-order valence-electron chi connectivity index (χ3n) is 2.38. The van der Waals surface area contributed by atoms with E-state index >= 15 is 0 Å². The quantitative estimate of drug-likeness (QED) is 0.738. The minimum atomic E-state index is -0.476. The molecule has 4 nitrogen and oxygen atoms in total. The van der Waals surface area contributed by atoms with Gasteiger partial charge in [0, 0.05) is 0 Å². The highest BCUT2D eigenvalue weighted by Crippen LogP contribution is 2.30. The van der Waals surface area contributed by atoms with Crippen LogP contribution in [0.15, 0.2) is 24.3 Å². The van der Waals surface area contributed by atoms with Crippen LogP contribution in [0.4, 0.5) is 5.69 Å². The number of benzene rings is 1. The smallest absolute Gasteiger partial charge is 0.243 e. The first-order valence-electron chi connectivity index (χ1n) is 4.99. The van der Waals surface area contributed by atoms with E-state index in [-0.39, 0.29) is 5.91 Å². The number of carbonyl (C=O) groups is 1. The predicted molar refractivity (Wildman–Crippen MR) is 57.9 cm³/mol. The van der Waals surface area contributed by atoms with Crippen LogP contribution in [0.3, 0.4) is 0 Å². The van der Waals surface area contributed by atoms with Crippen LogP contribution in [0.5, 0.6) is 5.75 Å². The van der Waals surface area contributed by atoms with Crippen LogP contribution in [-0.4, -0.2) is 25.1 Å². The maximum atomic E-state index is 11.8. The van der Waals surface area contributed by atoms with Crippen molar-refractivity contribution in [3.05, 3.63) is 24.3 Å². The Balaban J connectivity index is 2.34. The summed E-state index contributed by atoms with van der Waals surface area (Å²) in [6.45, 7) is 2.78. The Morgan fingerprint density at radius 3 is 3.00 bits per heavy atom. The SMILES string of the molecule is CC(N)C(=O)N1CCOc2ccccc21. The molecule has 1 aromatic rings. The van der Waals surface area contributed by atoms with E-state index in [4.69, 9.17) is 10.5 Å². The van der Waals surface area contributed by atoms with Crippen molar-refractivity contribution < 1.29 is 9.53 Å². The molecule has 80 valence electrons. The Morgan fingerprint density at radius 2 is 2.27 bits per heavy atom. The first-order chi connectivity index (χ1) is 7.20. The Morgan fingerprint density at radius 1 is 1.53 bits per heavy atom. The number of amides is 1. The number of nitrogens with zero attached hydrogens (tertiary/aromatic N) is 1. The lowest BCUT2D eigenvalue weighted by Crippen LogP contribution is -2.45. The molecular formula is C11H14N2O2. The Kier molecular flexibility index (Phi) is 2.60. The fraction of sp³-hybridized carbons (Fsp3) is 0.364. The molecule has 1 atom stereocenters. The average Bonchev–Trinajstić information content (AvgIpc) is 2.27. The van der Waals surface area contributed by atoms with Gasteiger partial charge >= 0.3 is 0 Å². The molecule has 0 spiro atoms. The third kappa shape index (κ3) is 1.80. The highest BCUT2D eigenvalue weighted by Gasteiger charge is 2.24. The first kappa shape index (κ1) is 9.98. The molecule has 0 saturated carbocycles. The summed E-state index contributed by atoms with van der Waals surface area (Å²) in [5, 5.41) is 0. The monoisotopic (exact) mass is 206 g/mol. The standard InChI is InChI=1S/C11H14N2O2/c1-8(12)11(14)13-6-7-15-10-5-3-2-4-9(10)13/h2-5,8H,6-7,12H2,1H3. The predicted octanol–water partition coefficient (Wildman–Crippen LogP) is 0.759. The Hall–Kier alpha value is -1.55. The molecule has 0 aliphatic carbocycles. The van der Waals surface area contributed by atoms with Crippen LogP contribution in [0.25, 0.3) is 0 Å². The number of anilines is 1. The first-order valence-corrected chi connectivity index (χ1v) is 4.99. The van der Waals surface area contributed by atoms with Crippen LogP contribution in [-0.2, 0) is 4.79 Å². The van der Waals surface area contributed by atoms with Gasteiger partial charge in [-0.25, -0.2) is 0 Å². The van der Waals surface area contributed by atoms with Gasteiger partial charge in [0.15, 0.2) is 0 Å². The van der Waals surface area contributed by atoms with E-state index in [0.29, 0.717) is 13.2 Å². The van der Waals surface area contributed by atoms with Crippen LogP contribution in [0.1, 0.15) is 6.92 Å². The van der Waals surface area contributed by atoms with Crippen LogP contribution < -0.4 is 15.4 Å². The molecule has 15 heavy (non-hydrogen) atoms. The van der Waals surface area contributed by atoms with Gasteiger partial charge in [0.05, 0.1) is 18.3 Å². The van der Waals surface area contributed by atoms with Gasteiger partial charge in [-0.15, -0.1) is 0 Å². The minimum Gasteiger partial charge on any atom is -0.490 e. The van der Waals surface area contributed by atoms with Gasteiger partial charge in [-0.1, -0.05) is 12.1 Å². The molecule has 1 aliphatic heterocycles. The third-order valence-corrected chi connectivity index (χ3v) is 2.38. The summed E-state index contributed by atoms with van der Waals surface area (Å²) in [5.41, 5.74) is 6.40. The maximum Gasteiger partial charge on any atom is 0.243 e. The number of ether oxygens (including phenoxy) is 1. The van der Waals surface area contributed by atoms with Crippen molar-refractivity contribution in [2.45, 2.75) is 13.0 Å². The lowest BCUT2D eigenvalue weighted by molar-refractivity contribution is -0.119. The molecule has 2 N–H and O–H groups in total. The van der Waals surface area contributed by atoms with E-state index in [0.717, 1.165) is 11.4 Å². The molecule has 0 saturated heterocycles. The molecule has 0 radical (unpaired) electrons. The summed E-state index contributed by atoms with van der Waals surface area (Å²) in [4.78, 5) is 13.5. The van der Waals surface area contributed by atoms with Crippen molar-refractivity contribution >= 4 is 11.6 Å².